The van der Waals surface area contributed by atoms with Gasteiger partial charge in [0.15, 0.2) is 5.96 Å². The van der Waals surface area contributed by atoms with Crippen LogP contribution in [0.15, 0.2) is 29.3 Å². The van der Waals surface area contributed by atoms with E-state index in [9.17, 15) is 4.79 Å². The van der Waals surface area contributed by atoms with Crippen LogP contribution >= 0.6 is 0 Å². The molecule has 21 heavy (non-hydrogen) atoms. The first kappa shape index (κ1) is 16.8. The summed E-state index contributed by atoms with van der Waals surface area (Å²) in [5, 5.41) is 6.22. The van der Waals surface area contributed by atoms with E-state index in [-0.39, 0.29) is 5.97 Å². The molecule has 1 aromatic rings. The Morgan fingerprint density at radius 2 is 1.90 bits per heavy atom. The lowest BCUT2D eigenvalue weighted by Crippen LogP contribution is -2.38. The Kier molecular flexibility index (Phi) is 7.71. The standard InChI is InChI=1S/C15H23N3O3/c1-4-16-15(17-10-9-14(19)21-3)18-11-12-5-7-13(20-2)8-6-12/h5-8H,4,9-11H2,1-3H3,(H2,16,17,18). The maximum atomic E-state index is 11.1. The monoisotopic (exact) mass is 293 g/mol. The number of benzene rings is 1. The fourth-order valence-electron chi connectivity index (χ4n) is 1.63. The average Bonchev–Trinajstić information content (AvgIpc) is 2.52. The number of guanidine groups is 1. The molecule has 0 aliphatic heterocycles. The third kappa shape index (κ3) is 6.65. The van der Waals surface area contributed by atoms with Crippen molar-refractivity contribution in [2.24, 2.45) is 4.99 Å². The van der Waals surface area contributed by atoms with Crippen LogP contribution in [0.3, 0.4) is 0 Å². The van der Waals surface area contributed by atoms with Gasteiger partial charge in [-0.05, 0) is 24.6 Å². The van der Waals surface area contributed by atoms with Crippen molar-refractivity contribution < 1.29 is 14.3 Å². The third-order valence-corrected chi connectivity index (χ3v) is 2.77. The summed E-state index contributed by atoms with van der Waals surface area (Å²) in [5.41, 5.74) is 1.08. The van der Waals surface area contributed by atoms with Gasteiger partial charge >= 0.3 is 5.97 Å². The first-order chi connectivity index (χ1) is 10.2. The van der Waals surface area contributed by atoms with Crippen molar-refractivity contribution in [3.63, 3.8) is 0 Å². The van der Waals surface area contributed by atoms with E-state index >= 15 is 0 Å². The number of carbonyl (C=O) groups is 1. The number of methoxy groups -OCH3 is 2. The second-order valence-electron chi connectivity index (χ2n) is 4.30. The van der Waals surface area contributed by atoms with Crippen LogP contribution in [0.5, 0.6) is 5.75 Å². The van der Waals surface area contributed by atoms with Crippen molar-refractivity contribution in [2.45, 2.75) is 19.9 Å². The smallest absolute Gasteiger partial charge is 0.307 e. The normalized spacial score (nSPS) is 10.9. The van der Waals surface area contributed by atoms with Crippen LogP contribution in [0.4, 0.5) is 0 Å². The predicted molar refractivity (Wildman–Crippen MR) is 82.4 cm³/mol. The van der Waals surface area contributed by atoms with E-state index in [0.29, 0.717) is 25.5 Å². The molecular weight excluding hydrogens is 270 g/mol. The topological polar surface area (TPSA) is 72.0 Å². The summed E-state index contributed by atoms with van der Waals surface area (Å²) in [5.74, 6) is 1.26. The van der Waals surface area contributed by atoms with Crippen molar-refractivity contribution in [3.8, 4) is 5.75 Å². The van der Waals surface area contributed by atoms with E-state index in [2.05, 4.69) is 20.4 Å². The lowest BCUT2D eigenvalue weighted by atomic mass is 10.2. The number of aliphatic imine (C=N–C) groups is 1. The Bertz CT molecular complexity index is 458. The van der Waals surface area contributed by atoms with Crippen LogP contribution in [-0.2, 0) is 16.1 Å². The Morgan fingerprint density at radius 3 is 2.48 bits per heavy atom. The quantitative estimate of drug-likeness (QED) is 0.450. The third-order valence-electron chi connectivity index (χ3n) is 2.77. The minimum atomic E-state index is -0.242. The second-order valence-corrected chi connectivity index (χ2v) is 4.30. The zero-order valence-corrected chi connectivity index (χ0v) is 12.8. The summed E-state index contributed by atoms with van der Waals surface area (Å²) in [6.07, 6.45) is 0.309. The van der Waals surface area contributed by atoms with E-state index in [1.807, 2.05) is 31.2 Å². The summed E-state index contributed by atoms with van der Waals surface area (Å²) in [7, 11) is 3.02. The number of ether oxygens (including phenoxy) is 2. The van der Waals surface area contributed by atoms with Crippen molar-refractivity contribution in [2.75, 3.05) is 27.3 Å². The predicted octanol–water partition coefficient (Wildman–Crippen LogP) is 1.31. The number of nitrogens with one attached hydrogen (secondary N) is 2. The van der Waals surface area contributed by atoms with Gasteiger partial charge in [-0.25, -0.2) is 4.99 Å². The molecule has 0 saturated heterocycles. The Labute approximate surface area is 125 Å². The molecule has 0 aromatic heterocycles. The highest BCUT2D eigenvalue weighted by Crippen LogP contribution is 2.11. The first-order valence-electron chi connectivity index (χ1n) is 6.91. The summed E-state index contributed by atoms with van der Waals surface area (Å²) in [6.45, 7) is 3.79. The van der Waals surface area contributed by atoms with Crippen LogP contribution in [0.1, 0.15) is 18.9 Å². The highest BCUT2D eigenvalue weighted by Gasteiger charge is 2.02. The molecule has 116 valence electrons. The highest BCUT2D eigenvalue weighted by atomic mass is 16.5. The minimum Gasteiger partial charge on any atom is -0.497 e. The molecule has 0 heterocycles. The number of hydrogen-bond acceptors (Lipinski definition) is 4. The molecule has 6 heteroatoms. The van der Waals surface area contributed by atoms with E-state index in [0.717, 1.165) is 17.9 Å². The fourth-order valence-corrected chi connectivity index (χ4v) is 1.63. The Balaban J connectivity index is 2.51. The van der Waals surface area contributed by atoms with Crippen LogP contribution in [-0.4, -0.2) is 39.2 Å². The molecule has 0 bridgehead atoms. The van der Waals surface area contributed by atoms with Crippen LogP contribution in [0.25, 0.3) is 0 Å². The van der Waals surface area contributed by atoms with Gasteiger partial charge in [-0.15, -0.1) is 0 Å². The van der Waals surface area contributed by atoms with E-state index in [4.69, 9.17) is 4.74 Å². The SMILES string of the molecule is CCNC(=NCc1ccc(OC)cc1)NCCC(=O)OC. The van der Waals surface area contributed by atoms with Gasteiger partial charge in [0.25, 0.3) is 0 Å². The van der Waals surface area contributed by atoms with Crippen molar-refractivity contribution in [1.82, 2.24) is 10.6 Å². The first-order valence-corrected chi connectivity index (χ1v) is 6.91. The molecule has 0 aliphatic carbocycles. The molecule has 0 radical (unpaired) electrons. The van der Waals surface area contributed by atoms with Gasteiger partial charge < -0.3 is 20.1 Å². The van der Waals surface area contributed by atoms with Crippen molar-refractivity contribution >= 4 is 11.9 Å². The molecule has 0 spiro atoms. The van der Waals surface area contributed by atoms with E-state index in [1.165, 1.54) is 7.11 Å². The van der Waals surface area contributed by atoms with Gasteiger partial charge in [0.1, 0.15) is 5.75 Å². The molecule has 2 N–H and O–H groups in total. The van der Waals surface area contributed by atoms with E-state index in [1.54, 1.807) is 7.11 Å². The van der Waals surface area contributed by atoms with Gasteiger partial charge in [-0.2, -0.15) is 0 Å². The lowest BCUT2D eigenvalue weighted by molar-refractivity contribution is -0.140. The van der Waals surface area contributed by atoms with E-state index < -0.39 is 0 Å². The number of esters is 1. The van der Waals surface area contributed by atoms with Crippen LogP contribution in [0.2, 0.25) is 0 Å². The second kappa shape index (κ2) is 9.63. The van der Waals surface area contributed by atoms with Crippen molar-refractivity contribution in [1.29, 1.82) is 0 Å². The maximum absolute atomic E-state index is 11.1. The molecule has 0 unspecified atom stereocenters. The minimum absolute atomic E-state index is 0.242. The van der Waals surface area contributed by atoms with Crippen LogP contribution in [0, 0.1) is 0 Å². The molecule has 1 rings (SSSR count). The molecule has 0 atom stereocenters. The molecule has 0 amide bonds. The Morgan fingerprint density at radius 1 is 1.19 bits per heavy atom. The average molecular weight is 293 g/mol. The number of nitrogens with zero attached hydrogens (tertiary/aromatic N) is 1. The zero-order chi connectivity index (χ0) is 15.5. The number of carbonyl (C=O) groups excluding carboxylic acids is 1. The molecule has 0 saturated carbocycles. The van der Waals surface area contributed by atoms with Gasteiger partial charge in [-0.1, -0.05) is 12.1 Å². The summed E-state index contributed by atoms with van der Waals surface area (Å²) in [4.78, 5) is 15.5. The molecule has 0 fully saturated rings. The maximum Gasteiger partial charge on any atom is 0.307 e. The number of hydrogen-bond donors (Lipinski definition) is 2. The van der Waals surface area contributed by atoms with Gasteiger partial charge in [0.2, 0.25) is 0 Å². The molecule has 1 aromatic carbocycles. The summed E-state index contributed by atoms with van der Waals surface area (Å²) < 4.78 is 9.71. The molecule has 6 nitrogen and oxygen atoms in total. The van der Waals surface area contributed by atoms with Gasteiger partial charge in [0, 0.05) is 13.1 Å². The van der Waals surface area contributed by atoms with Gasteiger partial charge in [0.05, 0.1) is 27.2 Å². The summed E-state index contributed by atoms with van der Waals surface area (Å²) in [6, 6.07) is 7.76. The zero-order valence-electron chi connectivity index (χ0n) is 12.8. The lowest BCUT2D eigenvalue weighted by Gasteiger charge is -2.10. The fraction of sp³-hybridized carbons (Fsp3) is 0.467. The molecular formula is C15H23N3O3. The van der Waals surface area contributed by atoms with Crippen LogP contribution < -0.4 is 15.4 Å². The molecule has 0 aliphatic rings. The highest BCUT2D eigenvalue weighted by molar-refractivity contribution is 5.80. The number of rotatable bonds is 7. The van der Waals surface area contributed by atoms with Crippen molar-refractivity contribution in [3.05, 3.63) is 29.8 Å². The largest absolute Gasteiger partial charge is 0.497 e. The van der Waals surface area contributed by atoms with Gasteiger partial charge in [-0.3, -0.25) is 4.79 Å². The Hall–Kier alpha value is -2.24. The summed E-state index contributed by atoms with van der Waals surface area (Å²) >= 11 is 0.